The molecule has 0 radical (unpaired) electrons. The Morgan fingerprint density at radius 2 is 1.95 bits per heavy atom. The number of benzene rings is 2. The van der Waals surface area contributed by atoms with Crippen LogP contribution in [-0.2, 0) is 4.79 Å². The number of carbonyl (C=O) groups excluding carboxylic acids is 1. The molecule has 2 aromatic carbocycles. The van der Waals surface area contributed by atoms with Gasteiger partial charge in [0.1, 0.15) is 0 Å². The van der Waals surface area contributed by atoms with E-state index in [1.807, 2.05) is 42.5 Å². The van der Waals surface area contributed by atoms with E-state index in [1.54, 1.807) is 0 Å². The molecule has 19 heavy (non-hydrogen) atoms. The van der Waals surface area contributed by atoms with Crippen molar-refractivity contribution in [2.24, 2.45) is 5.73 Å². The Hall–Kier alpha value is -1.87. The van der Waals surface area contributed by atoms with Crippen LogP contribution in [0, 0.1) is 0 Å². The summed E-state index contributed by atoms with van der Waals surface area (Å²) < 4.78 is 0. The van der Waals surface area contributed by atoms with Crippen molar-refractivity contribution in [2.45, 2.75) is 32.2 Å². The number of nitrogens with one attached hydrogen (secondary N) is 1. The van der Waals surface area contributed by atoms with E-state index in [-0.39, 0.29) is 11.9 Å². The van der Waals surface area contributed by atoms with E-state index in [2.05, 4.69) is 12.2 Å². The summed E-state index contributed by atoms with van der Waals surface area (Å²) in [6, 6.07) is 13.9. The number of hydrogen-bond acceptors (Lipinski definition) is 2. The Morgan fingerprint density at radius 1 is 1.21 bits per heavy atom. The molecule has 3 heteroatoms. The minimum atomic E-state index is -0.0556. The number of hydrogen-bond donors (Lipinski definition) is 2. The number of rotatable bonds is 5. The molecule has 3 nitrogen and oxygen atoms in total. The van der Waals surface area contributed by atoms with E-state index in [9.17, 15) is 4.79 Å². The van der Waals surface area contributed by atoms with Gasteiger partial charge in [0.15, 0.2) is 0 Å². The number of nitrogens with two attached hydrogens (primary N) is 1. The van der Waals surface area contributed by atoms with Gasteiger partial charge in [-0.05, 0) is 17.9 Å². The summed E-state index contributed by atoms with van der Waals surface area (Å²) in [5.74, 6) is -0.0164. The topological polar surface area (TPSA) is 55.1 Å². The highest BCUT2D eigenvalue weighted by Crippen LogP contribution is 2.23. The summed E-state index contributed by atoms with van der Waals surface area (Å²) in [5.41, 5.74) is 6.74. The first-order valence-corrected chi connectivity index (χ1v) is 6.74. The molecule has 0 aromatic heterocycles. The van der Waals surface area contributed by atoms with Crippen molar-refractivity contribution in [3.05, 3.63) is 42.5 Å². The lowest BCUT2D eigenvalue weighted by atomic mass is 10.1. The summed E-state index contributed by atoms with van der Waals surface area (Å²) >= 11 is 0. The van der Waals surface area contributed by atoms with Crippen LogP contribution < -0.4 is 11.1 Å². The molecule has 0 aliphatic carbocycles. The molecule has 0 fully saturated rings. The van der Waals surface area contributed by atoms with Gasteiger partial charge in [0.25, 0.3) is 0 Å². The predicted octanol–water partition coefficient (Wildman–Crippen LogP) is 3.30. The predicted molar refractivity (Wildman–Crippen MR) is 80.1 cm³/mol. The summed E-state index contributed by atoms with van der Waals surface area (Å²) in [4.78, 5) is 12.0. The second kappa shape index (κ2) is 6.34. The minimum absolute atomic E-state index is 0.0164. The van der Waals surface area contributed by atoms with Crippen LogP contribution in [0.2, 0.25) is 0 Å². The van der Waals surface area contributed by atoms with Crippen molar-refractivity contribution in [1.29, 1.82) is 0 Å². The molecule has 100 valence electrons. The third-order valence-electron chi connectivity index (χ3n) is 3.17. The molecule has 0 heterocycles. The maximum atomic E-state index is 12.0. The zero-order valence-corrected chi connectivity index (χ0v) is 11.2. The Labute approximate surface area is 113 Å². The Morgan fingerprint density at radius 3 is 2.74 bits per heavy atom. The monoisotopic (exact) mass is 256 g/mol. The fourth-order valence-corrected chi connectivity index (χ4v) is 2.25. The first-order chi connectivity index (χ1) is 9.20. The van der Waals surface area contributed by atoms with Gasteiger partial charge in [-0.2, -0.15) is 0 Å². The quantitative estimate of drug-likeness (QED) is 0.862. The smallest absolute Gasteiger partial charge is 0.225 e. The third-order valence-corrected chi connectivity index (χ3v) is 3.17. The number of carbonyl (C=O) groups is 1. The van der Waals surface area contributed by atoms with Crippen molar-refractivity contribution < 1.29 is 4.79 Å². The van der Waals surface area contributed by atoms with Gasteiger partial charge in [0.05, 0.1) is 0 Å². The first kappa shape index (κ1) is 13.6. The van der Waals surface area contributed by atoms with Crippen molar-refractivity contribution >= 4 is 22.4 Å². The van der Waals surface area contributed by atoms with Gasteiger partial charge in [-0.1, -0.05) is 49.7 Å². The van der Waals surface area contributed by atoms with Crippen LogP contribution in [0.3, 0.4) is 0 Å². The van der Waals surface area contributed by atoms with E-state index >= 15 is 0 Å². The van der Waals surface area contributed by atoms with Crippen LogP contribution in [0.5, 0.6) is 0 Å². The molecule has 2 rings (SSSR count). The molecule has 1 amide bonds. The van der Waals surface area contributed by atoms with Crippen LogP contribution in [0.25, 0.3) is 10.8 Å². The first-order valence-electron chi connectivity index (χ1n) is 6.74. The SMILES string of the molecule is CCCC(N)CC(=O)Nc1cccc2ccccc12. The lowest BCUT2D eigenvalue weighted by Gasteiger charge is -2.12. The summed E-state index contributed by atoms with van der Waals surface area (Å²) in [5, 5.41) is 5.14. The fraction of sp³-hybridized carbons (Fsp3) is 0.312. The van der Waals surface area contributed by atoms with Gasteiger partial charge < -0.3 is 11.1 Å². The molecule has 0 bridgehead atoms. The molecule has 2 aromatic rings. The number of anilines is 1. The van der Waals surface area contributed by atoms with E-state index in [1.165, 1.54) is 0 Å². The molecular weight excluding hydrogens is 236 g/mol. The van der Waals surface area contributed by atoms with Gasteiger partial charge in [0.2, 0.25) is 5.91 Å². The van der Waals surface area contributed by atoms with Crippen LogP contribution in [0.15, 0.2) is 42.5 Å². The fourth-order valence-electron chi connectivity index (χ4n) is 2.25. The maximum Gasteiger partial charge on any atom is 0.225 e. The maximum absolute atomic E-state index is 12.0. The molecule has 0 saturated carbocycles. The van der Waals surface area contributed by atoms with Crippen LogP contribution in [-0.4, -0.2) is 11.9 Å². The van der Waals surface area contributed by atoms with Crippen LogP contribution >= 0.6 is 0 Å². The molecule has 1 unspecified atom stereocenters. The van der Waals surface area contributed by atoms with Crippen molar-refractivity contribution in [3.63, 3.8) is 0 Å². The molecule has 0 saturated heterocycles. The summed E-state index contributed by atoms with van der Waals surface area (Å²) in [6.45, 7) is 2.07. The van der Waals surface area contributed by atoms with Gasteiger partial charge in [-0.25, -0.2) is 0 Å². The average molecular weight is 256 g/mol. The average Bonchev–Trinajstić information content (AvgIpc) is 2.39. The van der Waals surface area contributed by atoms with Gasteiger partial charge in [0, 0.05) is 23.5 Å². The molecule has 0 aliphatic rings. The van der Waals surface area contributed by atoms with Crippen molar-refractivity contribution in [2.75, 3.05) is 5.32 Å². The highest BCUT2D eigenvalue weighted by atomic mass is 16.1. The zero-order valence-electron chi connectivity index (χ0n) is 11.2. The molecule has 1 atom stereocenters. The standard InChI is InChI=1S/C16H20N2O/c1-2-6-13(17)11-16(19)18-15-10-5-8-12-7-3-4-9-14(12)15/h3-5,7-10,13H,2,6,11,17H2,1H3,(H,18,19). The molecular formula is C16H20N2O. The second-order valence-electron chi connectivity index (χ2n) is 4.83. The normalized spacial score (nSPS) is 12.3. The van der Waals surface area contributed by atoms with E-state index in [0.717, 1.165) is 29.3 Å². The van der Waals surface area contributed by atoms with E-state index in [0.29, 0.717) is 6.42 Å². The highest BCUT2D eigenvalue weighted by molar-refractivity contribution is 6.02. The van der Waals surface area contributed by atoms with Gasteiger partial charge >= 0.3 is 0 Å². The zero-order chi connectivity index (χ0) is 13.7. The summed E-state index contributed by atoms with van der Waals surface area (Å²) in [6.07, 6.45) is 2.25. The Bertz CT molecular complexity index is 560. The van der Waals surface area contributed by atoms with Crippen molar-refractivity contribution in [1.82, 2.24) is 0 Å². The number of amides is 1. The van der Waals surface area contributed by atoms with Gasteiger partial charge in [-0.3, -0.25) is 4.79 Å². The van der Waals surface area contributed by atoms with Crippen molar-refractivity contribution in [3.8, 4) is 0 Å². The van der Waals surface area contributed by atoms with Crippen LogP contribution in [0.1, 0.15) is 26.2 Å². The van der Waals surface area contributed by atoms with Gasteiger partial charge in [-0.15, -0.1) is 0 Å². The lowest BCUT2D eigenvalue weighted by molar-refractivity contribution is -0.116. The minimum Gasteiger partial charge on any atom is -0.327 e. The van der Waals surface area contributed by atoms with Crippen LogP contribution in [0.4, 0.5) is 5.69 Å². The highest BCUT2D eigenvalue weighted by Gasteiger charge is 2.10. The summed E-state index contributed by atoms with van der Waals surface area (Å²) in [7, 11) is 0. The van der Waals surface area contributed by atoms with E-state index < -0.39 is 0 Å². The third kappa shape index (κ3) is 3.55. The Balaban J connectivity index is 2.11. The Kier molecular flexibility index (Phi) is 4.53. The largest absolute Gasteiger partial charge is 0.327 e. The second-order valence-corrected chi connectivity index (χ2v) is 4.83. The molecule has 3 N–H and O–H groups in total. The molecule has 0 aliphatic heterocycles. The molecule has 0 spiro atoms. The lowest BCUT2D eigenvalue weighted by Crippen LogP contribution is -2.26. The van der Waals surface area contributed by atoms with E-state index in [4.69, 9.17) is 5.73 Å². The number of fused-ring (bicyclic) bond motifs is 1.